The van der Waals surface area contributed by atoms with E-state index in [1.165, 1.54) is 0 Å². The second-order valence-electron chi connectivity index (χ2n) is 3.54. The first-order valence-electron chi connectivity index (χ1n) is 4.59. The van der Waals surface area contributed by atoms with Crippen LogP contribution in [-0.2, 0) is 15.1 Å². The summed E-state index contributed by atoms with van der Waals surface area (Å²) in [5.41, 5.74) is 0.961. The highest BCUT2D eigenvalue weighted by molar-refractivity contribution is 5.23. The van der Waals surface area contributed by atoms with Crippen LogP contribution in [0.3, 0.4) is 0 Å². The highest BCUT2D eigenvalue weighted by atomic mass is 16.6. The Morgan fingerprint density at radius 2 is 2.46 bits per heavy atom. The van der Waals surface area contributed by atoms with E-state index in [1.807, 2.05) is 24.4 Å². The van der Waals surface area contributed by atoms with E-state index in [2.05, 4.69) is 4.98 Å². The minimum atomic E-state index is -0.0977. The van der Waals surface area contributed by atoms with Crippen LogP contribution in [0, 0.1) is 0 Å². The van der Waals surface area contributed by atoms with E-state index in [4.69, 9.17) is 9.47 Å². The molecule has 0 spiro atoms. The second-order valence-corrected chi connectivity index (χ2v) is 3.54. The lowest BCUT2D eigenvalue weighted by Crippen LogP contribution is -2.25. The van der Waals surface area contributed by atoms with E-state index in [1.54, 1.807) is 0 Å². The summed E-state index contributed by atoms with van der Waals surface area (Å²) in [5.74, 6) is 0. The number of aromatic nitrogens is 1. The Kier molecular flexibility index (Phi) is 1.45. The van der Waals surface area contributed by atoms with Gasteiger partial charge in [0, 0.05) is 19.2 Å². The molecule has 0 amide bonds. The highest BCUT2D eigenvalue weighted by Gasteiger charge is 2.60. The second kappa shape index (κ2) is 2.53. The molecule has 0 radical (unpaired) electrons. The van der Waals surface area contributed by atoms with Gasteiger partial charge >= 0.3 is 0 Å². The fraction of sp³-hybridized carbons (Fsp3) is 0.500. The van der Waals surface area contributed by atoms with Crippen LogP contribution in [0.25, 0.3) is 0 Å². The largest absolute Gasteiger partial charge is 0.378 e. The number of pyridine rings is 1. The SMILES string of the molecule is c1ccc([C@@]23CCOC[C@@H]2O3)nc1. The molecule has 13 heavy (non-hydrogen) atoms. The summed E-state index contributed by atoms with van der Waals surface area (Å²) in [4.78, 5) is 4.34. The van der Waals surface area contributed by atoms with Crippen LogP contribution in [0.4, 0.5) is 0 Å². The number of rotatable bonds is 1. The quantitative estimate of drug-likeness (QED) is 0.602. The monoisotopic (exact) mass is 177 g/mol. The summed E-state index contributed by atoms with van der Waals surface area (Å²) >= 11 is 0. The maximum Gasteiger partial charge on any atom is 0.141 e. The molecular weight excluding hydrogens is 166 g/mol. The van der Waals surface area contributed by atoms with Gasteiger partial charge in [-0.1, -0.05) is 6.07 Å². The van der Waals surface area contributed by atoms with Gasteiger partial charge in [0.05, 0.1) is 12.3 Å². The predicted molar refractivity (Wildman–Crippen MR) is 46.2 cm³/mol. The fourth-order valence-electron chi connectivity index (χ4n) is 1.99. The molecule has 1 aromatic rings. The van der Waals surface area contributed by atoms with Crippen LogP contribution in [0.15, 0.2) is 24.4 Å². The molecule has 1 aromatic heterocycles. The zero-order valence-electron chi connectivity index (χ0n) is 7.27. The van der Waals surface area contributed by atoms with Gasteiger partial charge in [-0.05, 0) is 12.1 Å². The number of hydrogen-bond donors (Lipinski definition) is 0. The third-order valence-electron chi connectivity index (χ3n) is 2.80. The summed E-state index contributed by atoms with van der Waals surface area (Å²) in [6.07, 6.45) is 3.00. The molecule has 68 valence electrons. The van der Waals surface area contributed by atoms with Gasteiger partial charge in [-0.15, -0.1) is 0 Å². The van der Waals surface area contributed by atoms with Crippen molar-refractivity contribution in [2.24, 2.45) is 0 Å². The molecule has 0 aromatic carbocycles. The van der Waals surface area contributed by atoms with E-state index in [0.717, 1.165) is 25.3 Å². The van der Waals surface area contributed by atoms with Crippen LogP contribution in [0.5, 0.6) is 0 Å². The van der Waals surface area contributed by atoms with Crippen molar-refractivity contribution in [3.63, 3.8) is 0 Å². The number of hydrogen-bond acceptors (Lipinski definition) is 3. The Balaban J connectivity index is 1.94. The Bertz CT molecular complexity index is 314. The smallest absolute Gasteiger partial charge is 0.141 e. The number of epoxide rings is 1. The molecular formula is C10H11NO2. The molecule has 2 aliphatic heterocycles. The molecule has 3 heterocycles. The standard InChI is InChI=1S/C10H11NO2/c1-2-5-11-8(3-1)10-4-6-12-7-9(10)13-10/h1-3,5,9H,4,6-7H2/t9-,10-/m0/s1. The van der Waals surface area contributed by atoms with Crippen LogP contribution >= 0.6 is 0 Å². The maximum atomic E-state index is 5.66. The van der Waals surface area contributed by atoms with Gasteiger partial charge < -0.3 is 9.47 Å². The average Bonchev–Trinajstić information content (AvgIpc) is 2.94. The molecule has 2 atom stereocenters. The molecule has 0 saturated carbocycles. The Morgan fingerprint density at radius 3 is 3.23 bits per heavy atom. The topological polar surface area (TPSA) is 34.6 Å². The molecule has 2 fully saturated rings. The Labute approximate surface area is 76.7 Å². The van der Waals surface area contributed by atoms with Crippen molar-refractivity contribution >= 4 is 0 Å². The summed E-state index contributed by atoms with van der Waals surface area (Å²) < 4.78 is 11.0. The third-order valence-corrected chi connectivity index (χ3v) is 2.80. The van der Waals surface area contributed by atoms with Gasteiger partial charge in [0.2, 0.25) is 0 Å². The number of ether oxygens (including phenoxy) is 2. The Hall–Kier alpha value is -0.930. The summed E-state index contributed by atoms with van der Waals surface area (Å²) in [7, 11) is 0. The minimum absolute atomic E-state index is 0.0977. The van der Waals surface area contributed by atoms with E-state index in [-0.39, 0.29) is 11.7 Å². The lowest BCUT2D eigenvalue weighted by atomic mass is 9.95. The molecule has 0 unspecified atom stereocenters. The highest BCUT2D eigenvalue weighted by Crippen LogP contribution is 2.50. The van der Waals surface area contributed by atoms with Gasteiger partial charge in [0.25, 0.3) is 0 Å². The first kappa shape index (κ1) is 7.47. The van der Waals surface area contributed by atoms with Crippen molar-refractivity contribution < 1.29 is 9.47 Å². The molecule has 0 N–H and O–H groups in total. The first-order chi connectivity index (χ1) is 6.42. The maximum absolute atomic E-state index is 5.66. The van der Waals surface area contributed by atoms with Crippen LogP contribution < -0.4 is 0 Å². The summed E-state index contributed by atoms with van der Waals surface area (Å²) in [5, 5.41) is 0. The lowest BCUT2D eigenvalue weighted by molar-refractivity contribution is 0.0967. The predicted octanol–water partition coefficient (Wildman–Crippen LogP) is 1.10. The number of nitrogens with zero attached hydrogens (tertiary/aromatic N) is 1. The minimum Gasteiger partial charge on any atom is -0.378 e. The van der Waals surface area contributed by atoms with Gasteiger partial charge in [-0.2, -0.15) is 0 Å². The van der Waals surface area contributed by atoms with Crippen molar-refractivity contribution in [2.75, 3.05) is 13.2 Å². The van der Waals surface area contributed by atoms with E-state index >= 15 is 0 Å². The van der Waals surface area contributed by atoms with Crippen LogP contribution in [0.1, 0.15) is 12.1 Å². The van der Waals surface area contributed by atoms with Gasteiger partial charge in [-0.3, -0.25) is 4.98 Å². The Morgan fingerprint density at radius 1 is 1.46 bits per heavy atom. The van der Waals surface area contributed by atoms with Gasteiger partial charge in [0.1, 0.15) is 11.7 Å². The first-order valence-corrected chi connectivity index (χ1v) is 4.59. The molecule has 3 heteroatoms. The van der Waals surface area contributed by atoms with Crippen LogP contribution in [-0.4, -0.2) is 24.3 Å². The van der Waals surface area contributed by atoms with Crippen molar-refractivity contribution in [3.8, 4) is 0 Å². The zero-order chi connectivity index (χ0) is 8.73. The van der Waals surface area contributed by atoms with E-state index in [9.17, 15) is 0 Å². The van der Waals surface area contributed by atoms with Crippen molar-refractivity contribution in [1.29, 1.82) is 0 Å². The van der Waals surface area contributed by atoms with Crippen LogP contribution in [0.2, 0.25) is 0 Å². The summed E-state index contributed by atoms with van der Waals surface area (Å²) in [6, 6.07) is 5.97. The third kappa shape index (κ3) is 1.01. The average molecular weight is 177 g/mol. The van der Waals surface area contributed by atoms with Crippen molar-refractivity contribution in [3.05, 3.63) is 30.1 Å². The molecule has 0 bridgehead atoms. The molecule has 3 nitrogen and oxygen atoms in total. The van der Waals surface area contributed by atoms with E-state index in [0.29, 0.717) is 0 Å². The molecule has 3 rings (SSSR count). The van der Waals surface area contributed by atoms with Gasteiger partial charge in [0.15, 0.2) is 0 Å². The fourth-order valence-corrected chi connectivity index (χ4v) is 1.99. The summed E-state index contributed by atoms with van der Waals surface area (Å²) in [6.45, 7) is 1.50. The van der Waals surface area contributed by atoms with Gasteiger partial charge in [-0.25, -0.2) is 0 Å². The lowest BCUT2D eigenvalue weighted by Gasteiger charge is -2.16. The van der Waals surface area contributed by atoms with E-state index < -0.39 is 0 Å². The van der Waals surface area contributed by atoms with Crippen molar-refractivity contribution in [2.45, 2.75) is 18.1 Å². The molecule has 2 saturated heterocycles. The van der Waals surface area contributed by atoms with Crippen molar-refractivity contribution in [1.82, 2.24) is 4.98 Å². The zero-order valence-corrected chi connectivity index (χ0v) is 7.27. The normalized spacial score (nSPS) is 36.8. The molecule has 2 aliphatic rings. The number of fused-ring (bicyclic) bond motifs is 1. The molecule has 0 aliphatic carbocycles.